The third-order valence-corrected chi connectivity index (χ3v) is 6.73. The Balaban J connectivity index is 1.55. The maximum absolute atomic E-state index is 12.8. The van der Waals surface area contributed by atoms with E-state index in [1.807, 2.05) is 43.5 Å². The van der Waals surface area contributed by atoms with E-state index < -0.39 is 0 Å². The monoisotopic (exact) mass is 413 g/mol. The van der Waals surface area contributed by atoms with E-state index in [4.69, 9.17) is 4.74 Å². The predicted molar refractivity (Wildman–Crippen MR) is 113 cm³/mol. The Bertz CT molecular complexity index is 960. The third-order valence-electron chi connectivity index (χ3n) is 4.89. The molecule has 146 valence electrons. The molecule has 1 fully saturated rings. The van der Waals surface area contributed by atoms with Gasteiger partial charge in [0, 0.05) is 12.2 Å². The number of rotatable bonds is 7. The molecule has 4 rings (SSSR count). The summed E-state index contributed by atoms with van der Waals surface area (Å²) in [4.78, 5) is 13.9. The molecule has 0 unspecified atom stereocenters. The van der Waals surface area contributed by atoms with Crippen molar-refractivity contribution in [1.29, 1.82) is 0 Å². The van der Waals surface area contributed by atoms with Crippen LogP contribution in [0.1, 0.15) is 34.3 Å². The number of thioether (sulfide) groups is 1. The lowest BCUT2D eigenvalue weighted by Gasteiger charge is -2.14. The van der Waals surface area contributed by atoms with Gasteiger partial charge in [-0.2, -0.15) is 0 Å². The van der Waals surface area contributed by atoms with Crippen molar-refractivity contribution in [3.63, 3.8) is 0 Å². The number of carbonyl (C=O) groups excluding carboxylic acids is 1. The lowest BCUT2D eigenvalue weighted by Crippen LogP contribution is -2.17. The van der Waals surface area contributed by atoms with Crippen molar-refractivity contribution in [1.82, 2.24) is 14.8 Å². The molecule has 0 radical (unpaired) electrons. The minimum Gasteiger partial charge on any atom is -0.376 e. The standard InChI is InChI=1S/C21H23N3O2S2/c1-14-7-8-15(2)17(11-14)18(25)13-28-21-23-22-20(19-6-4-10-27-19)24(21)12-16-5-3-9-26-16/h4,6-8,10-11,16H,3,5,9,12-13H2,1-2H3/t16-/m0/s1. The zero-order valence-electron chi connectivity index (χ0n) is 16.1. The van der Waals surface area contributed by atoms with Crippen LogP contribution in [0.4, 0.5) is 0 Å². The molecule has 28 heavy (non-hydrogen) atoms. The summed E-state index contributed by atoms with van der Waals surface area (Å²) in [6.07, 6.45) is 2.33. The van der Waals surface area contributed by atoms with Gasteiger partial charge in [-0.25, -0.2) is 0 Å². The highest BCUT2D eigenvalue weighted by Crippen LogP contribution is 2.29. The van der Waals surface area contributed by atoms with Crippen LogP contribution in [0.5, 0.6) is 0 Å². The number of nitrogens with zero attached hydrogens (tertiary/aromatic N) is 3. The van der Waals surface area contributed by atoms with E-state index in [0.29, 0.717) is 5.75 Å². The number of ketones is 1. The van der Waals surface area contributed by atoms with Crippen LogP contribution in [0.15, 0.2) is 40.9 Å². The number of Topliss-reactive ketones (excluding diaryl/α,β-unsaturated/α-hetero) is 1. The minimum absolute atomic E-state index is 0.121. The zero-order chi connectivity index (χ0) is 19.5. The van der Waals surface area contributed by atoms with Gasteiger partial charge in [0.05, 0.1) is 23.3 Å². The Kier molecular flexibility index (Phi) is 5.94. The van der Waals surface area contributed by atoms with Crippen molar-refractivity contribution in [3.8, 4) is 10.7 Å². The van der Waals surface area contributed by atoms with Crippen molar-refractivity contribution in [2.24, 2.45) is 0 Å². The normalized spacial score (nSPS) is 16.6. The SMILES string of the molecule is Cc1ccc(C)c(C(=O)CSc2nnc(-c3cccs3)n2C[C@@H]2CCCO2)c1. The maximum Gasteiger partial charge on any atom is 0.192 e. The minimum atomic E-state index is 0.121. The average molecular weight is 414 g/mol. The molecule has 0 N–H and O–H groups in total. The highest BCUT2D eigenvalue weighted by Gasteiger charge is 2.23. The summed E-state index contributed by atoms with van der Waals surface area (Å²) >= 11 is 3.10. The van der Waals surface area contributed by atoms with E-state index in [0.717, 1.165) is 58.5 Å². The lowest BCUT2D eigenvalue weighted by molar-refractivity contribution is 0.0953. The van der Waals surface area contributed by atoms with Gasteiger partial charge in [0.2, 0.25) is 0 Å². The van der Waals surface area contributed by atoms with Gasteiger partial charge in [0.1, 0.15) is 0 Å². The molecule has 0 bridgehead atoms. The molecule has 1 aliphatic rings. The summed E-state index contributed by atoms with van der Waals surface area (Å²) in [6.45, 7) is 5.52. The van der Waals surface area contributed by atoms with Crippen LogP contribution in [0, 0.1) is 13.8 Å². The molecule has 0 aliphatic carbocycles. The number of carbonyl (C=O) groups is 1. The highest BCUT2D eigenvalue weighted by molar-refractivity contribution is 7.99. The molecule has 2 aromatic heterocycles. The summed E-state index contributed by atoms with van der Waals surface area (Å²) < 4.78 is 7.94. The predicted octanol–water partition coefficient (Wildman–Crippen LogP) is 4.78. The van der Waals surface area contributed by atoms with Crippen LogP contribution in [0.2, 0.25) is 0 Å². The zero-order valence-corrected chi connectivity index (χ0v) is 17.7. The van der Waals surface area contributed by atoms with E-state index >= 15 is 0 Å². The molecule has 0 spiro atoms. The van der Waals surface area contributed by atoms with E-state index in [9.17, 15) is 4.79 Å². The van der Waals surface area contributed by atoms with Gasteiger partial charge in [-0.1, -0.05) is 35.5 Å². The fourth-order valence-corrected chi connectivity index (χ4v) is 4.93. The Morgan fingerprint density at radius 1 is 1.32 bits per heavy atom. The molecule has 7 heteroatoms. The molecule has 1 saturated heterocycles. The van der Waals surface area contributed by atoms with Gasteiger partial charge in [-0.05, 0) is 49.8 Å². The van der Waals surface area contributed by atoms with Gasteiger partial charge in [-0.3, -0.25) is 9.36 Å². The van der Waals surface area contributed by atoms with Gasteiger partial charge < -0.3 is 4.74 Å². The molecular formula is C21H23N3O2S2. The number of thiophene rings is 1. The molecule has 0 saturated carbocycles. The first-order valence-electron chi connectivity index (χ1n) is 9.44. The van der Waals surface area contributed by atoms with Gasteiger partial charge in [-0.15, -0.1) is 21.5 Å². The first-order valence-corrected chi connectivity index (χ1v) is 11.3. The second-order valence-corrected chi connectivity index (χ2v) is 8.95. The van der Waals surface area contributed by atoms with Crippen LogP contribution in [-0.2, 0) is 11.3 Å². The second kappa shape index (κ2) is 8.59. The molecule has 1 atom stereocenters. The van der Waals surface area contributed by atoms with Crippen molar-refractivity contribution < 1.29 is 9.53 Å². The maximum atomic E-state index is 12.8. The van der Waals surface area contributed by atoms with E-state index in [2.05, 4.69) is 20.8 Å². The molecule has 3 aromatic rings. The summed E-state index contributed by atoms with van der Waals surface area (Å²) in [5.41, 5.74) is 2.90. The largest absolute Gasteiger partial charge is 0.376 e. The number of hydrogen-bond donors (Lipinski definition) is 0. The smallest absolute Gasteiger partial charge is 0.192 e. The average Bonchev–Trinajstić information content (AvgIpc) is 3.44. The summed E-state index contributed by atoms with van der Waals surface area (Å²) in [6, 6.07) is 10.1. The lowest BCUT2D eigenvalue weighted by atomic mass is 10.0. The van der Waals surface area contributed by atoms with Crippen molar-refractivity contribution in [2.45, 2.75) is 44.5 Å². The van der Waals surface area contributed by atoms with Crippen LogP contribution in [0.3, 0.4) is 0 Å². The second-order valence-electron chi connectivity index (χ2n) is 7.06. The molecule has 5 nitrogen and oxygen atoms in total. The first-order chi connectivity index (χ1) is 13.6. The van der Waals surface area contributed by atoms with Crippen LogP contribution >= 0.6 is 23.1 Å². The Morgan fingerprint density at radius 2 is 2.21 bits per heavy atom. The van der Waals surface area contributed by atoms with Gasteiger partial charge >= 0.3 is 0 Å². The molecule has 1 aliphatic heterocycles. The van der Waals surface area contributed by atoms with E-state index in [-0.39, 0.29) is 11.9 Å². The fraction of sp³-hybridized carbons (Fsp3) is 0.381. The Hall–Kier alpha value is -1.96. The summed E-state index contributed by atoms with van der Waals surface area (Å²) in [5.74, 6) is 1.32. The topological polar surface area (TPSA) is 57.0 Å². The Labute approximate surface area is 173 Å². The summed E-state index contributed by atoms with van der Waals surface area (Å²) in [7, 11) is 0. The van der Waals surface area contributed by atoms with Crippen molar-refractivity contribution in [3.05, 3.63) is 52.4 Å². The van der Waals surface area contributed by atoms with Crippen LogP contribution in [-0.4, -0.2) is 39.0 Å². The van der Waals surface area contributed by atoms with Crippen LogP contribution in [0.25, 0.3) is 10.7 Å². The number of ether oxygens (including phenoxy) is 1. The molecule has 1 aromatic carbocycles. The van der Waals surface area contributed by atoms with Gasteiger partial charge in [0.15, 0.2) is 16.8 Å². The quantitative estimate of drug-likeness (QED) is 0.412. The fourth-order valence-electron chi connectivity index (χ4n) is 3.38. The molecule has 0 amide bonds. The Morgan fingerprint density at radius 3 is 2.96 bits per heavy atom. The number of aromatic nitrogens is 3. The summed E-state index contributed by atoms with van der Waals surface area (Å²) in [5, 5.41) is 11.6. The van der Waals surface area contributed by atoms with Crippen molar-refractivity contribution >= 4 is 28.9 Å². The van der Waals surface area contributed by atoms with Crippen molar-refractivity contribution in [2.75, 3.05) is 12.4 Å². The van der Waals surface area contributed by atoms with E-state index in [1.165, 1.54) is 11.8 Å². The number of hydrogen-bond acceptors (Lipinski definition) is 6. The third kappa shape index (κ3) is 4.21. The van der Waals surface area contributed by atoms with Crippen LogP contribution < -0.4 is 0 Å². The molecule has 3 heterocycles. The first kappa shape index (κ1) is 19.4. The van der Waals surface area contributed by atoms with Gasteiger partial charge in [0.25, 0.3) is 0 Å². The number of benzene rings is 1. The number of aryl methyl sites for hydroxylation is 2. The molecular weight excluding hydrogens is 390 g/mol. The highest BCUT2D eigenvalue weighted by atomic mass is 32.2. The van der Waals surface area contributed by atoms with E-state index in [1.54, 1.807) is 11.3 Å².